The van der Waals surface area contributed by atoms with E-state index in [-0.39, 0.29) is 11.1 Å². The summed E-state index contributed by atoms with van der Waals surface area (Å²) in [4.78, 5) is 0. The molecule has 3 aromatic rings. The lowest BCUT2D eigenvalue weighted by molar-refractivity contribution is 0.542. The molecule has 0 aliphatic heterocycles. The molecule has 0 unspecified atom stereocenters. The molecule has 0 amide bonds. The van der Waals surface area contributed by atoms with Crippen LogP contribution in [0.2, 0.25) is 0 Å². The van der Waals surface area contributed by atoms with Crippen LogP contribution in [0.3, 0.4) is 0 Å². The highest BCUT2D eigenvalue weighted by Gasteiger charge is 2.13. The molecule has 0 nitrogen and oxygen atoms in total. The zero-order valence-corrected chi connectivity index (χ0v) is 20.2. The van der Waals surface area contributed by atoms with Gasteiger partial charge in [-0.05, 0) is 91.5 Å². The molecule has 0 saturated carbocycles. The number of aryl methyl sites for hydroxylation is 4. The Bertz CT molecular complexity index is 1020. The van der Waals surface area contributed by atoms with Crippen LogP contribution in [0.1, 0.15) is 72.9 Å². The van der Waals surface area contributed by atoms with Crippen LogP contribution in [-0.2, 0) is 38.5 Å². The summed E-state index contributed by atoms with van der Waals surface area (Å²) in [5, 5.41) is 0. The summed E-state index contributed by atoms with van der Waals surface area (Å²) in [5.74, 6) is -1.86. The van der Waals surface area contributed by atoms with Crippen molar-refractivity contribution in [2.24, 2.45) is 0 Å². The van der Waals surface area contributed by atoms with E-state index in [1.54, 1.807) is 0 Å². The van der Waals surface area contributed by atoms with Crippen molar-refractivity contribution in [1.29, 1.82) is 0 Å². The summed E-state index contributed by atoms with van der Waals surface area (Å²) in [6, 6.07) is 13.6. The van der Waals surface area contributed by atoms with Crippen LogP contribution in [0.4, 0.5) is 17.6 Å². The molecule has 0 fully saturated rings. The fraction of sp³-hybridized carbons (Fsp3) is 0.400. The predicted molar refractivity (Wildman–Crippen MR) is 131 cm³/mol. The molecule has 3 aromatic carbocycles. The van der Waals surface area contributed by atoms with Crippen molar-refractivity contribution in [2.45, 2.75) is 78.1 Å². The number of hydrogen-bond acceptors (Lipinski definition) is 0. The summed E-state index contributed by atoms with van der Waals surface area (Å²) in [6.07, 6.45) is 6.76. The summed E-state index contributed by atoms with van der Waals surface area (Å²) in [6.45, 7) is 4.04. The molecular weight excluding hydrogens is 436 g/mol. The van der Waals surface area contributed by atoms with Gasteiger partial charge in [0.2, 0.25) is 0 Å². The lowest BCUT2D eigenvalue weighted by Gasteiger charge is -2.10. The molecule has 34 heavy (non-hydrogen) atoms. The Morgan fingerprint density at radius 3 is 1.32 bits per heavy atom. The van der Waals surface area contributed by atoms with Gasteiger partial charge in [0.1, 0.15) is 23.3 Å². The number of hydrogen-bond donors (Lipinski definition) is 0. The highest BCUT2D eigenvalue weighted by atomic mass is 19.1. The van der Waals surface area contributed by atoms with Crippen molar-refractivity contribution in [2.75, 3.05) is 0 Å². The van der Waals surface area contributed by atoms with Gasteiger partial charge in [0.25, 0.3) is 0 Å². The zero-order valence-electron chi connectivity index (χ0n) is 20.2. The number of rotatable bonds is 12. The van der Waals surface area contributed by atoms with E-state index in [9.17, 15) is 17.6 Å². The number of halogens is 4. The molecule has 0 saturated heterocycles. The third-order valence-electron chi connectivity index (χ3n) is 6.36. The van der Waals surface area contributed by atoms with Crippen LogP contribution < -0.4 is 0 Å². The number of unbranched alkanes of at least 4 members (excludes halogenated alkanes) is 2. The van der Waals surface area contributed by atoms with E-state index in [1.807, 2.05) is 31.2 Å². The van der Waals surface area contributed by atoms with E-state index in [4.69, 9.17) is 0 Å². The maximum absolute atomic E-state index is 14.4. The predicted octanol–water partition coefficient (Wildman–Crippen LogP) is 8.50. The Labute approximate surface area is 201 Å². The molecular formula is C30H34F4. The smallest absolute Gasteiger partial charge is 0.129 e. The van der Waals surface area contributed by atoms with E-state index in [0.717, 1.165) is 36.8 Å². The molecule has 3 rings (SSSR count). The monoisotopic (exact) mass is 470 g/mol. The summed E-state index contributed by atoms with van der Waals surface area (Å²) < 4.78 is 57.4. The van der Waals surface area contributed by atoms with Crippen LogP contribution >= 0.6 is 0 Å². The van der Waals surface area contributed by atoms with E-state index in [0.29, 0.717) is 49.7 Å². The first-order chi connectivity index (χ1) is 16.4. The van der Waals surface area contributed by atoms with Crippen LogP contribution in [0.5, 0.6) is 0 Å². The van der Waals surface area contributed by atoms with Gasteiger partial charge in [0.05, 0.1) is 0 Å². The fourth-order valence-electron chi connectivity index (χ4n) is 4.35. The van der Waals surface area contributed by atoms with Crippen LogP contribution in [0.15, 0.2) is 48.5 Å². The Kier molecular flexibility index (Phi) is 9.74. The molecule has 0 atom stereocenters. The van der Waals surface area contributed by atoms with Crippen molar-refractivity contribution >= 4 is 0 Å². The van der Waals surface area contributed by atoms with Crippen molar-refractivity contribution in [3.05, 3.63) is 105 Å². The highest BCUT2D eigenvalue weighted by Crippen LogP contribution is 2.21. The van der Waals surface area contributed by atoms with Gasteiger partial charge >= 0.3 is 0 Å². The molecule has 0 heterocycles. The standard InChI is InChI=1S/C30H34F4/c1-3-5-6-8-25-27(31)19-24(20-28(25)32)14-13-21-9-11-22(12-10-21)15-16-26-29(33)17-23(7-4-2)18-30(26)34/h9-12,17-20H,3-8,13-16H2,1-2H3. The first kappa shape index (κ1) is 26.0. The molecule has 0 aliphatic rings. The van der Waals surface area contributed by atoms with Crippen molar-refractivity contribution in [1.82, 2.24) is 0 Å². The molecule has 0 N–H and O–H groups in total. The molecule has 182 valence electrons. The van der Waals surface area contributed by atoms with E-state index in [2.05, 4.69) is 6.92 Å². The minimum absolute atomic E-state index is 0.131. The maximum Gasteiger partial charge on any atom is 0.129 e. The Hall–Kier alpha value is -2.62. The van der Waals surface area contributed by atoms with Gasteiger partial charge in [-0.1, -0.05) is 57.4 Å². The average Bonchev–Trinajstić information content (AvgIpc) is 2.80. The lowest BCUT2D eigenvalue weighted by Crippen LogP contribution is -2.02. The van der Waals surface area contributed by atoms with Crippen molar-refractivity contribution < 1.29 is 17.6 Å². The third-order valence-corrected chi connectivity index (χ3v) is 6.36. The SMILES string of the molecule is CCCCCc1c(F)cc(CCc2ccc(CCc3c(F)cc(CCC)cc3F)cc2)cc1F. The molecule has 0 aliphatic carbocycles. The van der Waals surface area contributed by atoms with Gasteiger partial charge in [-0.15, -0.1) is 0 Å². The third kappa shape index (κ3) is 7.19. The number of benzene rings is 3. The molecule has 4 heteroatoms. The quantitative estimate of drug-likeness (QED) is 0.184. The topological polar surface area (TPSA) is 0 Å². The minimum Gasteiger partial charge on any atom is -0.207 e. The Morgan fingerprint density at radius 2 is 0.853 bits per heavy atom. The van der Waals surface area contributed by atoms with Gasteiger partial charge in [-0.2, -0.15) is 0 Å². The fourth-order valence-corrected chi connectivity index (χ4v) is 4.35. The molecule has 0 radical (unpaired) electrons. The van der Waals surface area contributed by atoms with E-state index in [1.165, 1.54) is 24.3 Å². The first-order valence-corrected chi connectivity index (χ1v) is 12.4. The summed E-state index contributed by atoms with van der Waals surface area (Å²) in [5.41, 5.74) is 3.71. The first-order valence-electron chi connectivity index (χ1n) is 12.4. The van der Waals surface area contributed by atoms with Crippen LogP contribution in [0, 0.1) is 23.3 Å². The maximum atomic E-state index is 14.4. The second-order valence-electron chi connectivity index (χ2n) is 9.10. The lowest BCUT2D eigenvalue weighted by atomic mass is 9.98. The second-order valence-corrected chi connectivity index (χ2v) is 9.10. The van der Waals surface area contributed by atoms with Crippen molar-refractivity contribution in [3.8, 4) is 0 Å². The zero-order chi connectivity index (χ0) is 24.5. The molecule has 0 spiro atoms. The van der Waals surface area contributed by atoms with Gasteiger partial charge in [0.15, 0.2) is 0 Å². The van der Waals surface area contributed by atoms with Gasteiger partial charge in [-0.3, -0.25) is 0 Å². The minimum atomic E-state index is -0.476. The van der Waals surface area contributed by atoms with Crippen molar-refractivity contribution in [3.63, 3.8) is 0 Å². The molecule has 0 aromatic heterocycles. The molecule has 0 bridgehead atoms. The Morgan fingerprint density at radius 1 is 0.441 bits per heavy atom. The summed E-state index contributed by atoms with van der Waals surface area (Å²) in [7, 11) is 0. The van der Waals surface area contributed by atoms with Crippen LogP contribution in [-0.4, -0.2) is 0 Å². The van der Waals surface area contributed by atoms with Gasteiger partial charge < -0.3 is 0 Å². The van der Waals surface area contributed by atoms with E-state index >= 15 is 0 Å². The largest absolute Gasteiger partial charge is 0.207 e. The van der Waals surface area contributed by atoms with Gasteiger partial charge in [0, 0.05) is 11.1 Å². The summed E-state index contributed by atoms with van der Waals surface area (Å²) >= 11 is 0. The van der Waals surface area contributed by atoms with Gasteiger partial charge in [-0.25, -0.2) is 17.6 Å². The highest BCUT2D eigenvalue weighted by molar-refractivity contribution is 5.30. The average molecular weight is 471 g/mol. The van der Waals surface area contributed by atoms with E-state index < -0.39 is 23.3 Å². The normalized spacial score (nSPS) is 11.2. The Balaban J connectivity index is 1.55. The second kappa shape index (κ2) is 12.7. The van der Waals surface area contributed by atoms with Crippen LogP contribution in [0.25, 0.3) is 0 Å².